The Labute approximate surface area is 118 Å². The van der Waals surface area contributed by atoms with Crippen LogP contribution >= 0.6 is 22.6 Å². The van der Waals surface area contributed by atoms with E-state index in [1.165, 1.54) is 25.3 Å². The van der Waals surface area contributed by atoms with Crippen molar-refractivity contribution in [1.82, 2.24) is 0 Å². The molecule has 0 atom stereocenters. The summed E-state index contributed by atoms with van der Waals surface area (Å²) in [6, 6.07) is 11.1. The molecule has 0 aliphatic carbocycles. The molecule has 2 nitrogen and oxygen atoms in total. The number of ketones is 1. The first kappa shape index (κ1) is 13.0. The summed E-state index contributed by atoms with van der Waals surface area (Å²) in [4.78, 5) is 12.3. The summed E-state index contributed by atoms with van der Waals surface area (Å²) in [5, 5.41) is 0. The molecule has 0 spiro atoms. The van der Waals surface area contributed by atoms with Gasteiger partial charge in [-0.1, -0.05) is 12.1 Å². The van der Waals surface area contributed by atoms with E-state index in [0.29, 0.717) is 11.3 Å². The van der Waals surface area contributed by atoms with E-state index in [4.69, 9.17) is 4.74 Å². The lowest BCUT2D eigenvalue weighted by atomic mass is 10.0. The van der Waals surface area contributed by atoms with Gasteiger partial charge in [-0.15, -0.1) is 0 Å². The number of carbonyl (C=O) groups excluding carboxylic acids is 1. The summed E-state index contributed by atoms with van der Waals surface area (Å²) in [5.41, 5.74) is 0.755. The van der Waals surface area contributed by atoms with Crippen molar-refractivity contribution in [3.8, 4) is 5.75 Å². The predicted octanol–water partition coefficient (Wildman–Crippen LogP) is 3.67. The molecule has 0 saturated heterocycles. The minimum absolute atomic E-state index is 0.236. The molecule has 0 aliphatic heterocycles. The third kappa shape index (κ3) is 2.69. The topological polar surface area (TPSA) is 26.3 Å². The van der Waals surface area contributed by atoms with E-state index in [0.717, 1.165) is 3.57 Å². The molecule has 0 N–H and O–H groups in total. The largest absolute Gasteiger partial charge is 0.496 e. The van der Waals surface area contributed by atoms with E-state index in [1.54, 1.807) is 18.2 Å². The van der Waals surface area contributed by atoms with E-state index in [-0.39, 0.29) is 11.3 Å². The Balaban J connectivity index is 2.48. The molecule has 0 aromatic heterocycles. The van der Waals surface area contributed by atoms with Gasteiger partial charge in [0.05, 0.1) is 12.7 Å². The summed E-state index contributed by atoms with van der Waals surface area (Å²) in [6.45, 7) is 0. The maximum absolute atomic E-state index is 13.2. The molecule has 0 saturated carbocycles. The highest BCUT2D eigenvalue weighted by molar-refractivity contribution is 14.1. The van der Waals surface area contributed by atoms with Gasteiger partial charge >= 0.3 is 0 Å². The van der Waals surface area contributed by atoms with Gasteiger partial charge in [-0.05, 0) is 52.9 Å². The molecule has 0 aliphatic rings. The molecule has 92 valence electrons. The minimum Gasteiger partial charge on any atom is -0.496 e. The number of rotatable bonds is 3. The first-order chi connectivity index (χ1) is 8.61. The summed E-state index contributed by atoms with van der Waals surface area (Å²) in [7, 11) is 1.46. The van der Waals surface area contributed by atoms with E-state index >= 15 is 0 Å². The van der Waals surface area contributed by atoms with Crippen LogP contribution in [0.3, 0.4) is 0 Å². The Kier molecular flexibility index (Phi) is 3.96. The Hall–Kier alpha value is -1.43. The van der Waals surface area contributed by atoms with Gasteiger partial charge < -0.3 is 4.74 Å². The monoisotopic (exact) mass is 356 g/mol. The van der Waals surface area contributed by atoms with Crippen LogP contribution in [-0.4, -0.2) is 12.9 Å². The van der Waals surface area contributed by atoms with Crippen LogP contribution in [0.2, 0.25) is 0 Å². The molecular weight excluding hydrogens is 346 g/mol. The first-order valence-electron chi connectivity index (χ1n) is 5.25. The van der Waals surface area contributed by atoms with Gasteiger partial charge in [-0.3, -0.25) is 4.79 Å². The van der Waals surface area contributed by atoms with Gasteiger partial charge in [0.2, 0.25) is 0 Å². The van der Waals surface area contributed by atoms with Crippen molar-refractivity contribution in [2.24, 2.45) is 0 Å². The SMILES string of the molecule is COc1ccc(F)cc1C(=O)c1cccc(I)c1. The van der Waals surface area contributed by atoms with Crippen molar-refractivity contribution >= 4 is 28.4 Å². The maximum atomic E-state index is 13.2. The van der Waals surface area contributed by atoms with Crippen LogP contribution in [-0.2, 0) is 0 Å². The lowest BCUT2D eigenvalue weighted by Gasteiger charge is -2.08. The Bertz CT molecular complexity index is 596. The molecule has 0 fully saturated rings. The normalized spacial score (nSPS) is 10.2. The number of benzene rings is 2. The number of ether oxygens (including phenoxy) is 1. The van der Waals surface area contributed by atoms with E-state index < -0.39 is 5.82 Å². The highest BCUT2D eigenvalue weighted by atomic mass is 127. The van der Waals surface area contributed by atoms with E-state index in [1.807, 2.05) is 6.07 Å². The van der Waals surface area contributed by atoms with Crippen molar-refractivity contribution in [1.29, 1.82) is 0 Å². The zero-order chi connectivity index (χ0) is 13.1. The predicted molar refractivity (Wildman–Crippen MR) is 75.5 cm³/mol. The quantitative estimate of drug-likeness (QED) is 0.620. The third-order valence-corrected chi connectivity index (χ3v) is 3.16. The van der Waals surface area contributed by atoms with Gasteiger partial charge in [0.25, 0.3) is 0 Å². The molecule has 0 unspecified atom stereocenters. The minimum atomic E-state index is -0.454. The zero-order valence-electron chi connectivity index (χ0n) is 9.61. The van der Waals surface area contributed by atoms with Crippen molar-refractivity contribution in [2.45, 2.75) is 0 Å². The standard InChI is InChI=1S/C14H10FIO2/c1-18-13-6-5-10(15)8-12(13)14(17)9-3-2-4-11(16)7-9/h2-8H,1H3. The van der Waals surface area contributed by atoms with Crippen molar-refractivity contribution in [3.63, 3.8) is 0 Å². The number of hydrogen-bond donors (Lipinski definition) is 0. The Morgan fingerprint density at radius 1 is 1.22 bits per heavy atom. The van der Waals surface area contributed by atoms with Crippen molar-refractivity contribution in [2.75, 3.05) is 7.11 Å². The van der Waals surface area contributed by atoms with E-state index in [9.17, 15) is 9.18 Å². The molecule has 2 aromatic rings. The number of halogens is 2. The smallest absolute Gasteiger partial charge is 0.196 e. The van der Waals surface area contributed by atoms with Crippen LogP contribution in [0.25, 0.3) is 0 Å². The maximum Gasteiger partial charge on any atom is 0.196 e. The Morgan fingerprint density at radius 2 is 2.00 bits per heavy atom. The van der Waals surface area contributed by atoms with Crippen molar-refractivity contribution < 1.29 is 13.9 Å². The van der Waals surface area contributed by atoms with Crippen LogP contribution in [0.1, 0.15) is 15.9 Å². The molecule has 0 heterocycles. The van der Waals surface area contributed by atoms with Gasteiger partial charge in [-0.25, -0.2) is 4.39 Å². The van der Waals surface area contributed by atoms with Gasteiger partial charge in [-0.2, -0.15) is 0 Å². The van der Waals surface area contributed by atoms with Crippen molar-refractivity contribution in [3.05, 3.63) is 63.0 Å². The van der Waals surface area contributed by atoms with Gasteiger partial charge in [0.1, 0.15) is 11.6 Å². The highest BCUT2D eigenvalue weighted by Gasteiger charge is 2.15. The van der Waals surface area contributed by atoms with Crippen LogP contribution in [0.5, 0.6) is 5.75 Å². The summed E-state index contributed by atoms with van der Waals surface area (Å²) in [6.07, 6.45) is 0. The molecule has 4 heteroatoms. The summed E-state index contributed by atoms with van der Waals surface area (Å²) >= 11 is 2.13. The van der Waals surface area contributed by atoms with Gasteiger partial charge in [0.15, 0.2) is 5.78 Å². The number of methoxy groups -OCH3 is 1. The molecule has 2 aromatic carbocycles. The second-order valence-electron chi connectivity index (χ2n) is 3.68. The van der Waals surface area contributed by atoms with Crippen LogP contribution < -0.4 is 4.74 Å². The summed E-state index contributed by atoms with van der Waals surface area (Å²) < 4.78 is 19.3. The van der Waals surface area contributed by atoms with E-state index in [2.05, 4.69) is 22.6 Å². The second-order valence-corrected chi connectivity index (χ2v) is 4.93. The van der Waals surface area contributed by atoms with Gasteiger partial charge in [0, 0.05) is 9.13 Å². The highest BCUT2D eigenvalue weighted by Crippen LogP contribution is 2.23. The Morgan fingerprint density at radius 3 is 2.67 bits per heavy atom. The fourth-order valence-corrected chi connectivity index (χ4v) is 2.19. The fraction of sp³-hybridized carbons (Fsp3) is 0.0714. The molecule has 0 bridgehead atoms. The third-order valence-electron chi connectivity index (χ3n) is 2.49. The molecular formula is C14H10FIO2. The lowest BCUT2D eigenvalue weighted by Crippen LogP contribution is -2.04. The van der Waals surface area contributed by atoms with Crippen LogP contribution in [0.4, 0.5) is 4.39 Å². The molecule has 2 rings (SSSR count). The average molecular weight is 356 g/mol. The average Bonchev–Trinajstić information content (AvgIpc) is 2.38. The summed E-state index contributed by atoms with van der Waals surface area (Å²) in [5.74, 6) is -0.324. The van der Waals surface area contributed by atoms with Crippen LogP contribution in [0, 0.1) is 9.39 Å². The lowest BCUT2D eigenvalue weighted by molar-refractivity contribution is 0.103. The zero-order valence-corrected chi connectivity index (χ0v) is 11.8. The molecule has 0 radical (unpaired) electrons. The molecule has 18 heavy (non-hydrogen) atoms. The number of hydrogen-bond acceptors (Lipinski definition) is 2. The second kappa shape index (κ2) is 5.48. The number of carbonyl (C=O) groups is 1. The van der Waals surface area contributed by atoms with Crippen LogP contribution in [0.15, 0.2) is 42.5 Å². The first-order valence-corrected chi connectivity index (χ1v) is 6.33. The fourth-order valence-electron chi connectivity index (χ4n) is 1.64. The molecule has 0 amide bonds.